The molecule has 0 atom stereocenters. The standard InChI is InChI=1S/C27H25NO4/c1-18-5-3-6-20(15-18)13-14-32-23-11-9-21(10-12-23)27(31)28-19(2)16-24-22(17-26(29)30)7-4-8-25(24)28/h3-12,15-16H,13-14,17H2,1-2H3,(H,29,30). The lowest BCUT2D eigenvalue weighted by atomic mass is 10.1. The summed E-state index contributed by atoms with van der Waals surface area (Å²) in [5.74, 6) is -0.337. The quantitative estimate of drug-likeness (QED) is 0.440. The van der Waals surface area contributed by atoms with Gasteiger partial charge in [0.25, 0.3) is 5.91 Å². The van der Waals surface area contributed by atoms with Crippen molar-refractivity contribution in [3.05, 3.63) is 101 Å². The first kappa shape index (κ1) is 21.4. The van der Waals surface area contributed by atoms with E-state index in [-0.39, 0.29) is 12.3 Å². The predicted octanol–water partition coefficient (Wildman–Crippen LogP) is 5.20. The van der Waals surface area contributed by atoms with E-state index in [0.717, 1.165) is 17.5 Å². The Hall–Kier alpha value is -3.86. The molecule has 5 heteroatoms. The Kier molecular flexibility index (Phi) is 6.08. The van der Waals surface area contributed by atoms with Gasteiger partial charge in [-0.05, 0) is 61.4 Å². The van der Waals surface area contributed by atoms with Crippen LogP contribution in [0.15, 0.2) is 72.8 Å². The van der Waals surface area contributed by atoms with Crippen LogP contribution < -0.4 is 4.74 Å². The molecule has 0 amide bonds. The Balaban J connectivity index is 1.49. The van der Waals surface area contributed by atoms with Crippen LogP contribution in [-0.4, -0.2) is 28.2 Å². The number of carbonyl (C=O) groups is 2. The molecule has 0 unspecified atom stereocenters. The Morgan fingerprint density at radius 1 is 0.938 bits per heavy atom. The van der Waals surface area contributed by atoms with Gasteiger partial charge in [-0.15, -0.1) is 0 Å². The average Bonchev–Trinajstić information content (AvgIpc) is 3.10. The van der Waals surface area contributed by atoms with Crippen molar-refractivity contribution < 1.29 is 19.4 Å². The fourth-order valence-corrected chi connectivity index (χ4v) is 3.99. The second-order valence-corrected chi connectivity index (χ2v) is 7.96. The zero-order valence-electron chi connectivity index (χ0n) is 18.2. The molecule has 32 heavy (non-hydrogen) atoms. The van der Waals surface area contributed by atoms with Crippen molar-refractivity contribution in [3.8, 4) is 5.75 Å². The first-order valence-electron chi connectivity index (χ1n) is 10.6. The minimum Gasteiger partial charge on any atom is -0.493 e. The van der Waals surface area contributed by atoms with E-state index < -0.39 is 5.97 Å². The van der Waals surface area contributed by atoms with Gasteiger partial charge in [0.1, 0.15) is 5.75 Å². The number of nitrogens with zero attached hydrogens (tertiary/aromatic N) is 1. The van der Waals surface area contributed by atoms with E-state index in [0.29, 0.717) is 29.0 Å². The number of carboxylic acid groups (broad SMARTS) is 1. The van der Waals surface area contributed by atoms with Crippen LogP contribution in [0.5, 0.6) is 5.75 Å². The molecule has 4 rings (SSSR count). The zero-order chi connectivity index (χ0) is 22.7. The summed E-state index contributed by atoms with van der Waals surface area (Å²) in [6.07, 6.45) is 0.735. The van der Waals surface area contributed by atoms with Crippen molar-refractivity contribution in [2.24, 2.45) is 0 Å². The number of aryl methyl sites for hydroxylation is 2. The molecule has 0 saturated carbocycles. The van der Waals surface area contributed by atoms with Gasteiger partial charge in [-0.3, -0.25) is 14.2 Å². The van der Waals surface area contributed by atoms with Crippen LogP contribution >= 0.6 is 0 Å². The lowest BCUT2D eigenvalue weighted by Gasteiger charge is -2.10. The number of ether oxygens (including phenoxy) is 1. The van der Waals surface area contributed by atoms with E-state index in [1.165, 1.54) is 11.1 Å². The summed E-state index contributed by atoms with van der Waals surface area (Å²) >= 11 is 0. The van der Waals surface area contributed by atoms with Crippen molar-refractivity contribution in [2.45, 2.75) is 26.7 Å². The van der Waals surface area contributed by atoms with Crippen molar-refractivity contribution >= 4 is 22.8 Å². The maximum Gasteiger partial charge on any atom is 0.307 e. The van der Waals surface area contributed by atoms with Crippen LogP contribution in [0.1, 0.15) is 32.7 Å². The molecule has 0 fully saturated rings. The van der Waals surface area contributed by atoms with Gasteiger partial charge in [0.15, 0.2) is 0 Å². The molecule has 0 aliphatic heterocycles. The second-order valence-electron chi connectivity index (χ2n) is 7.96. The Bertz CT molecular complexity index is 1290. The first-order valence-corrected chi connectivity index (χ1v) is 10.6. The average molecular weight is 428 g/mol. The summed E-state index contributed by atoms with van der Waals surface area (Å²) < 4.78 is 7.48. The molecule has 1 aromatic heterocycles. The molecule has 4 aromatic rings. The van der Waals surface area contributed by atoms with Crippen LogP contribution in [-0.2, 0) is 17.6 Å². The first-order chi connectivity index (χ1) is 15.4. The van der Waals surface area contributed by atoms with Crippen molar-refractivity contribution in [1.29, 1.82) is 0 Å². The molecule has 162 valence electrons. The van der Waals surface area contributed by atoms with E-state index in [2.05, 4.69) is 25.1 Å². The number of fused-ring (bicyclic) bond motifs is 1. The highest BCUT2D eigenvalue weighted by atomic mass is 16.5. The van der Waals surface area contributed by atoms with E-state index in [1.807, 2.05) is 25.1 Å². The minimum absolute atomic E-state index is 0.0798. The molecule has 0 aliphatic rings. The third-order valence-corrected chi connectivity index (χ3v) is 5.51. The highest BCUT2D eigenvalue weighted by molar-refractivity contribution is 6.04. The van der Waals surface area contributed by atoms with Crippen LogP contribution in [0.4, 0.5) is 0 Å². The van der Waals surface area contributed by atoms with Crippen molar-refractivity contribution in [1.82, 2.24) is 4.57 Å². The smallest absolute Gasteiger partial charge is 0.307 e. The van der Waals surface area contributed by atoms with Gasteiger partial charge in [0.2, 0.25) is 0 Å². The number of aliphatic carboxylic acids is 1. The van der Waals surface area contributed by atoms with Crippen LogP contribution in [0.2, 0.25) is 0 Å². The van der Waals surface area contributed by atoms with Gasteiger partial charge >= 0.3 is 5.97 Å². The van der Waals surface area contributed by atoms with Crippen molar-refractivity contribution in [2.75, 3.05) is 6.61 Å². The molecule has 1 heterocycles. The number of carboxylic acids is 1. The van der Waals surface area contributed by atoms with E-state index in [1.54, 1.807) is 41.0 Å². The summed E-state index contributed by atoms with van der Waals surface area (Å²) in [6.45, 7) is 4.48. The summed E-state index contributed by atoms with van der Waals surface area (Å²) in [4.78, 5) is 24.4. The van der Waals surface area contributed by atoms with E-state index in [4.69, 9.17) is 9.84 Å². The number of carbonyl (C=O) groups excluding carboxylic acids is 1. The molecular formula is C27H25NO4. The summed E-state index contributed by atoms with van der Waals surface area (Å²) in [6, 6.07) is 22.8. The molecule has 0 bridgehead atoms. The topological polar surface area (TPSA) is 68.5 Å². The lowest BCUT2D eigenvalue weighted by Crippen LogP contribution is -2.13. The minimum atomic E-state index is -0.896. The molecule has 3 aromatic carbocycles. The van der Waals surface area contributed by atoms with Crippen LogP contribution in [0.3, 0.4) is 0 Å². The van der Waals surface area contributed by atoms with E-state index in [9.17, 15) is 9.59 Å². The van der Waals surface area contributed by atoms with Gasteiger partial charge in [-0.2, -0.15) is 0 Å². The fourth-order valence-electron chi connectivity index (χ4n) is 3.99. The number of benzene rings is 3. The van der Waals surface area contributed by atoms with Crippen LogP contribution in [0.25, 0.3) is 10.9 Å². The predicted molar refractivity (Wildman–Crippen MR) is 125 cm³/mol. The maximum atomic E-state index is 13.2. The highest BCUT2D eigenvalue weighted by Crippen LogP contribution is 2.25. The van der Waals surface area contributed by atoms with Gasteiger partial charge in [0, 0.05) is 23.1 Å². The number of aromatic nitrogens is 1. The molecule has 0 saturated heterocycles. The van der Waals surface area contributed by atoms with Gasteiger partial charge in [0.05, 0.1) is 18.5 Å². The van der Waals surface area contributed by atoms with Crippen LogP contribution in [0, 0.1) is 13.8 Å². The van der Waals surface area contributed by atoms with Gasteiger partial charge < -0.3 is 9.84 Å². The fraction of sp³-hybridized carbons (Fsp3) is 0.185. The monoisotopic (exact) mass is 427 g/mol. The summed E-state index contributed by atoms with van der Waals surface area (Å²) in [5, 5.41) is 9.96. The maximum absolute atomic E-state index is 13.2. The third kappa shape index (κ3) is 4.57. The SMILES string of the molecule is Cc1cccc(CCOc2ccc(C(=O)n3c(C)cc4c(CC(=O)O)cccc43)cc2)c1. The summed E-state index contributed by atoms with van der Waals surface area (Å²) in [5.41, 5.74) is 5.18. The summed E-state index contributed by atoms with van der Waals surface area (Å²) in [7, 11) is 0. The largest absolute Gasteiger partial charge is 0.493 e. The number of hydrogen-bond donors (Lipinski definition) is 1. The number of rotatable bonds is 7. The normalized spacial score (nSPS) is 10.9. The lowest BCUT2D eigenvalue weighted by molar-refractivity contribution is -0.136. The Labute approximate surface area is 186 Å². The second kappa shape index (κ2) is 9.10. The molecule has 1 N–H and O–H groups in total. The molecular weight excluding hydrogens is 402 g/mol. The van der Waals surface area contributed by atoms with E-state index >= 15 is 0 Å². The van der Waals surface area contributed by atoms with Gasteiger partial charge in [-0.25, -0.2) is 0 Å². The zero-order valence-corrected chi connectivity index (χ0v) is 18.2. The number of hydrogen-bond acceptors (Lipinski definition) is 3. The Morgan fingerprint density at radius 3 is 2.41 bits per heavy atom. The Morgan fingerprint density at radius 2 is 1.69 bits per heavy atom. The third-order valence-electron chi connectivity index (χ3n) is 5.51. The molecule has 0 radical (unpaired) electrons. The van der Waals surface area contributed by atoms with Crippen molar-refractivity contribution in [3.63, 3.8) is 0 Å². The van der Waals surface area contributed by atoms with Gasteiger partial charge in [-0.1, -0.05) is 42.0 Å². The highest BCUT2D eigenvalue weighted by Gasteiger charge is 2.17. The molecule has 0 aliphatic carbocycles. The molecule has 5 nitrogen and oxygen atoms in total. The molecule has 0 spiro atoms.